The van der Waals surface area contributed by atoms with Crippen LogP contribution in [-0.2, 0) is 0 Å². The van der Waals surface area contributed by atoms with E-state index in [9.17, 15) is 0 Å². The highest BCUT2D eigenvalue weighted by atomic mass is 15.1. The summed E-state index contributed by atoms with van der Waals surface area (Å²) in [6, 6.07) is 2.58. The van der Waals surface area contributed by atoms with Gasteiger partial charge in [-0.25, -0.2) is 9.97 Å². The summed E-state index contributed by atoms with van der Waals surface area (Å²) < 4.78 is 2.02. The van der Waals surface area contributed by atoms with Gasteiger partial charge in [0.15, 0.2) is 0 Å². The number of aryl methyl sites for hydroxylation is 1. The predicted octanol–water partition coefficient (Wildman–Crippen LogP) is 1.85. The Hall–Kier alpha value is -1.42. The molecular formula is C12H16N4. The molecule has 3 heterocycles. The lowest BCUT2D eigenvalue weighted by Crippen LogP contribution is -2.27. The van der Waals surface area contributed by atoms with E-state index in [1.54, 1.807) is 6.20 Å². The Labute approximate surface area is 94.7 Å². The summed E-state index contributed by atoms with van der Waals surface area (Å²) in [4.78, 5) is 8.87. The molecule has 3 rings (SSSR count). The zero-order valence-electron chi connectivity index (χ0n) is 9.48. The fourth-order valence-electron chi connectivity index (χ4n) is 2.37. The van der Waals surface area contributed by atoms with Crippen molar-refractivity contribution in [2.24, 2.45) is 0 Å². The number of hydrogen-bond acceptors (Lipinski definition) is 3. The van der Waals surface area contributed by atoms with Crippen LogP contribution in [0.5, 0.6) is 0 Å². The van der Waals surface area contributed by atoms with Crippen molar-refractivity contribution in [3.63, 3.8) is 0 Å². The fraction of sp³-hybridized carbons (Fsp3) is 0.500. The molecule has 4 nitrogen and oxygen atoms in total. The summed E-state index contributed by atoms with van der Waals surface area (Å²) >= 11 is 0. The molecule has 4 heteroatoms. The molecule has 1 N–H and O–H groups in total. The lowest BCUT2D eigenvalue weighted by molar-refractivity contribution is 0.405. The number of hydrogen-bond donors (Lipinski definition) is 1. The minimum absolute atomic E-state index is 0.411. The molecule has 1 saturated heterocycles. The van der Waals surface area contributed by atoms with Gasteiger partial charge < -0.3 is 5.32 Å². The van der Waals surface area contributed by atoms with Crippen molar-refractivity contribution in [2.45, 2.75) is 32.2 Å². The minimum Gasteiger partial charge on any atom is -0.309 e. The van der Waals surface area contributed by atoms with Gasteiger partial charge in [0.2, 0.25) is 5.78 Å². The molecule has 0 unspecified atom stereocenters. The number of rotatable bonds is 1. The number of nitrogens with zero attached hydrogens (tertiary/aromatic N) is 3. The predicted molar refractivity (Wildman–Crippen MR) is 62.3 cm³/mol. The highest BCUT2D eigenvalue weighted by Gasteiger charge is 2.17. The summed E-state index contributed by atoms with van der Waals surface area (Å²) in [6.07, 6.45) is 7.51. The summed E-state index contributed by atoms with van der Waals surface area (Å²) in [5.41, 5.74) is 2.33. The minimum atomic E-state index is 0.411. The van der Waals surface area contributed by atoms with E-state index in [2.05, 4.69) is 28.3 Å². The van der Waals surface area contributed by atoms with Crippen molar-refractivity contribution in [2.75, 3.05) is 6.54 Å². The molecule has 1 fully saturated rings. The third-order valence-corrected chi connectivity index (χ3v) is 3.25. The van der Waals surface area contributed by atoms with Gasteiger partial charge in [0.1, 0.15) is 0 Å². The molecule has 0 aliphatic carbocycles. The van der Waals surface area contributed by atoms with Crippen LogP contribution in [0.3, 0.4) is 0 Å². The van der Waals surface area contributed by atoms with Crippen LogP contribution in [0.1, 0.15) is 36.7 Å². The first-order valence-electron chi connectivity index (χ1n) is 5.88. The average molecular weight is 216 g/mol. The molecule has 1 atom stereocenters. The smallest absolute Gasteiger partial charge is 0.234 e. The van der Waals surface area contributed by atoms with Crippen LogP contribution in [0.2, 0.25) is 0 Å². The molecule has 1 aliphatic heterocycles. The number of aromatic nitrogens is 3. The van der Waals surface area contributed by atoms with Crippen molar-refractivity contribution in [3.05, 3.63) is 29.8 Å². The van der Waals surface area contributed by atoms with Crippen molar-refractivity contribution in [1.82, 2.24) is 19.7 Å². The first-order valence-corrected chi connectivity index (χ1v) is 5.88. The van der Waals surface area contributed by atoms with E-state index in [4.69, 9.17) is 0 Å². The highest BCUT2D eigenvalue weighted by molar-refractivity contribution is 5.33. The van der Waals surface area contributed by atoms with Crippen molar-refractivity contribution in [1.29, 1.82) is 0 Å². The van der Waals surface area contributed by atoms with E-state index >= 15 is 0 Å². The molecular weight excluding hydrogens is 200 g/mol. The van der Waals surface area contributed by atoms with Gasteiger partial charge in [0.25, 0.3) is 0 Å². The average Bonchev–Trinajstić information content (AvgIpc) is 2.79. The maximum Gasteiger partial charge on any atom is 0.234 e. The topological polar surface area (TPSA) is 42.2 Å². The molecule has 0 aromatic carbocycles. The van der Waals surface area contributed by atoms with Crippen LogP contribution in [-0.4, -0.2) is 20.9 Å². The van der Waals surface area contributed by atoms with E-state index in [0.717, 1.165) is 18.0 Å². The molecule has 2 aromatic rings. The second-order valence-corrected chi connectivity index (χ2v) is 4.42. The Kier molecular flexibility index (Phi) is 2.36. The van der Waals surface area contributed by atoms with Gasteiger partial charge in [-0.05, 0) is 32.4 Å². The first-order chi connectivity index (χ1) is 7.84. The molecule has 84 valence electrons. The van der Waals surface area contributed by atoms with Crippen molar-refractivity contribution < 1.29 is 0 Å². The van der Waals surface area contributed by atoms with Crippen molar-refractivity contribution in [3.8, 4) is 0 Å². The Morgan fingerprint density at radius 3 is 3.19 bits per heavy atom. The lowest BCUT2D eigenvalue weighted by atomic mass is 10.0. The zero-order valence-corrected chi connectivity index (χ0v) is 9.48. The summed E-state index contributed by atoms with van der Waals surface area (Å²) in [5.74, 6) is 0.808. The molecule has 0 radical (unpaired) electrons. The largest absolute Gasteiger partial charge is 0.309 e. The monoisotopic (exact) mass is 216 g/mol. The van der Waals surface area contributed by atoms with Gasteiger partial charge in [0, 0.05) is 24.1 Å². The first kappa shape index (κ1) is 9.78. The number of piperidine rings is 1. The second kappa shape index (κ2) is 3.87. The summed E-state index contributed by atoms with van der Waals surface area (Å²) in [7, 11) is 0. The highest BCUT2D eigenvalue weighted by Crippen LogP contribution is 2.22. The molecule has 2 aromatic heterocycles. The Morgan fingerprint density at radius 2 is 2.38 bits per heavy atom. The van der Waals surface area contributed by atoms with E-state index in [0.29, 0.717) is 6.04 Å². The Balaban J connectivity index is 2.02. The third kappa shape index (κ3) is 1.59. The maximum atomic E-state index is 4.61. The Morgan fingerprint density at radius 1 is 1.44 bits per heavy atom. The zero-order chi connectivity index (χ0) is 11.0. The fourth-order valence-corrected chi connectivity index (χ4v) is 2.37. The quantitative estimate of drug-likeness (QED) is 0.791. The standard InChI is InChI=1S/C12H16N4/c1-9-8-11(10-4-2-3-5-13-10)15-12-14-6-7-16(9)12/h6-8,10,13H,2-5H2,1H3/t10-/m1/s1. The van der Waals surface area contributed by atoms with Gasteiger partial charge >= 0.3 is 0 Å². The van der Waals surface area contributed by atoms with E-state index in [-0.39, 0.29) is 0 Å². The van der Waals surface area contributed by atoms with E-state index < -0.39 is 0 Å². The molecule has 0 saturated carbocycles. The number of nitrogens with one attached hydrogen (secondary N) is 1. The van der Waals surface area contributed by atoms with Gasteiger partial charge in [-0.3, -0.25) is 4.40 Å². The van der Waals surface area contributed by atoms with Crippen molar-refractivity contribution >= 4 is 5.78 Å². The molecule has 0 spiro atoms. The molecule has 16 heavy (non-hydrogen) atoms. The van der Waals surface area contributed by atoms with Crippen LogP contribution in [0.15, 0.2) is 18.5 Å². The van der Waals surface area contributed by atoms with Crippen LogP contribution in [0.25, 0.3) is 5.78 Å². The van der Waals surface area contributed by atoms with Gasteiger partial charge in [0.05, 0.1) is 5.69 Å². The molecule has 1 aliphatic rings. The Bertz CT molecular complexity index is 497. The maximum absolute atomic E-state index is 4.61. The summed E-state index contributed by atoms with van der Waals surface area (Å²) in [5, 5.41) is 3.52. The van der Waals surface area contributed by atoms with Crippen LogP contribution in [0, 0.1) is 6.92 Å². The van der Waals surface area contributed by atoms with E-state index in [1.165, 1.54) is 25.0 Å². The summed E-state index contributed by atoms with van der Waals surface area (Å²) in [6.45, 7) is 3.20. The number of fused-ring (bicyclic) bond motifs is 1. The van der Waals surface area contributed by atoms with Gasteiger partial charge in [-0.15, -0.1) is 0 Å². The van der Waals surface area contributed by atoms with Gasteiger partial charge in [-0.2, -0.15) is 0 Å². The van der Waals surface area contributed by atoms with Crippen LogP contribution in [0.4, 0.5) is 0 Å². The second-order valence-electron chi connectivity index (χ2n) is 4.42. The van der Waals surface area contributed by atoms with Crippen LogP contribution >= 0.6 is 0 Å². The van der Waals surface area contributed by atoms with Gasteiger partial charge in [-0.1, -0.05) is 6.42 Å². The molecule has 0 amide bonds. The normalized spacial score (nSPS) is 21.4. The van der Waals surface area contributed by atoms with E-state index in [1.807, 2.05) is 10.6 Å². The number of imidazole rings is 1. The molecule has 0 bridgehead atoms. The lowest BCUT2D eigenvalue weighted by Gasteiger charge is -2.23. The third-order valence-electron chi connectivity index (χ3n) is 3.25. The van der Waals surface area contributed by atoms with Crippen LogP contribution < -0.4 is 5.32 Å². The SMILES string of the molecule is Cc1cc([C@H]2CCCCN2)nc2nccn12.